The van der Waals surface area contributed by atoms with E-state index in [1.54, 1.807) is 12.3 Å². The van der Waals surface area contributed by atoms with Crippen LogP contribution < -0.4 is 0 Å². The van der Waals surface area contributed by atoms with Crippen molar-refractivity contribution >= 4 is 11.9 Å². The van der Waals surface area contributed by atoms with Crippen LogP contribution in [0.3, 0.4) is 0 Å². The lowest BCUT2D eigenvalue weighted by molar-refractivity contribution is -0.153. The minimum atomic E-state index is -0.577. The van der Waals surface area contributed by atoms with Gasteiger partial charge in [0.2, 0.25) is 0 Å². The van der Waals surface area contributed by atoms with Crippen molar-refractivity contribution in [1.82, 2.24) is 9.88 Å². The van der Waals surface area contributed by atoms with Crippen LogP contribution in [-0.2, 0) is 14.3 Å². The maximum absolute atomic E-state index is 12.9. The fourth-order valence-electron chi connectivity index (χ4n) is 3.53. The molecule has 0 saturated carbocycles. The summed E-state index contributed by atoms with van der Waals surface area (Å²) in [5, 5.41) is 0. The van der Waals surface area contributed by atoms with E-state index in [-0.39, 0.29) is 30.1 Å². The number of aryl methyl sites for hydroxylation is 1. The van der Waals surface area contributed by atoms with Gasteiger partial charge in [0.1, 0.15) is 0 Å². The van der Waals surface area contributed by atoms with Crippen molar-refractivity contribution in [1.29, 1.82) is 0 Å². The monoisotopic (exact) mass is 318 g/mol. The molecule has 3 rings (SSSR count). The van der Waals surface area contributed by atoms with Crippen molar-refractivity contribution in [3.63, 3.8) is 0 Å². The molecule has 0 aliphatic carbocycles. The van der Waals surface area contributed by atoms with Crippen LogP contribution in [-0.4, -0.2) is 53.2 Å². The molecule has 2 saturated heterocycles. The minimum Gasteiger partial charge on any atom is -0.467 e. The van der Waals surface area contributed by atoms with Crippen molar-refractivity contribution < 1.29 is 19.1 Å². The average Bonchev–Trinajstić information content (AvgIpc) is 2.98. The van der Waals surface area contributed by atoms with Gasteiger partial charge in [0.15, 0.2) is 6.10 Å². The number of carbonyl (C=O) groups excluding carboxylic acids is 2. The van der Waals surface area contributed by atoms with E-state index in [2.05, 4.69) is 4.98 Å². The lowest BCUT2D eigenvalue weighted by atomic mass is 9.92. The molecule has 1 aromatic rings. The molecule has 4 unspecified atom stereocenters. The molecule has 0 bridgehead atoms. The van der Waals surface area contributed by atoms with Crippen LogP contribution in [0, 0.1) is 6.92 Å². The third-order valence-corrected chi connectivity index (χ3v) is 4.78. The molecule has 0 N–H and O–H groups in total. The van der Waals surface area contributed by atoms with E-state index in [0.717, 1.165) is 18.5 Å². The normalized spacial score (nSPS) is 30.0. The summed E-state index contributed by atoms with van der Waals surface area (Å²) in [7, 11) is 1.36. The van der Waals surface area contributed by atoms with Crippen LogP contribution in [0.5, 0.6) is 0 Å². The molecule has 6 nitrogen and oxygen atoms in total. The second kappa shape index (κ2) is 6.28. The van der Waals surface area contributed by atoms with Crippen LogP contribution in [0.25, 0.3) is 0 Å². The van der Waals surface area contributed by atoms with E-state index in [4.69, 9.17) is 9.47 Å². The SMILES string of the molecule is COC(=O)C1CC2C(CCC(C)N2C(=O)c2ccc(C)nc2)O1. The first-order valence-electron chi connectivity index (χ1n) is 8.00. The number of ether oxygens (including phenoxy) is 2. The molecule has 2 aliphatic rings. The number of fused-ring (bicyclic) bond motifs is 1. The Morgan fingerprint density at radius 1 is 1.35 bits per heavy atom. The molecule has 0 spiro atoms. The van der Waals surface area contributed by atoms with E-state index >= 15 is 0 Å². The van der Waals surface area contributed by atoms with E-state index in [9.17, 15) is 9.59 Å². The van der Waals surface area contributed by atoms with Gasteiger partial charge in [-0.15, -0.1) is 0 Å². The maximum Gasteiger partial charge on any atom is 0.335 e. The number of hydrogen-bond donors (Lipinski definition) is 0. The summed E-state index contributed by atoms with van der Waals surface area (Å²) in [5.41, 5.74) is 1.45. The van der Waals surface area contributed by atoms with Gasteiger partial charge in [-0.1, -0.05) is 0 Å². The number of nitrogens with zero attached hydrogens (tertiary/aromatic N) is 2. The molecule has 0 radical (unpaired) electrons. The van der Waals surface area contributed by atoms with Gasteiger partial charge in [0.05, 0.1) is 24.8 Å². The van der Waals surface area contributed by atoms with Gasteiger partial charge in [-0.3, -0.25) is 9.78 Å². The highest BCUT2D eigenvalue weighted by Gasteiger charge is 2.47. The van der Waals surface area contributed by atoms with Gasteiger partial charge < -0.3 is 14.4 Å². The Bertz CT molecular complexity index is 601. The molecule has 1 aromatic heterocycles. The molecular formula is C17H22N2O4. The van der Waals surface area contributed by atoms with Gasteiger partial charge in [0.25, 0.3) is 5.91 Å². The third kappa shape index (κ3) is 2.95. The maximum atomic E-state index is 12.9. The molecule has 2 aliphatic heterocycles. The number of piperidine rings is 1. The van der Waals surface area contributed by atoms with Crippen molar-refractivity contribution in [2.75, 3.05) is 7.11 Å². The van der Waals surface area contributed by atoms with Crippen LogP contribution in [0.4, 0.5) is 0 Å². The number of amides is 1. The summed E-state index contributed by atoms with van der Waals surface area (Å²) >= 11 is 0. The number of likely N-dealkylation sites (tertiary alicyclic amines) is 1. The largest absolute Gasteiger partial charge is 0.467 e. The average molecular weight is 318 g/mol. The van der Waals surface area contributed by atoms with E-state index in [0.29, 0.717) is 12.0 Å². The van der Waals surface area contributed by atoms with E-state index in [1.807, 2.05) is 24.8 Å². The van der Waals surface area contributed by atoms with E-state index in [1.165, 1.54) is 7.11 Å². The summed E-state index contributed by atoms with van der Waals surface area (Å²) in [4.78, 5) is 30.8. The number of carbonyl (C=O) groups is 2. The summed E-state index contributed by atoms with van der Waals surface area (Å²) in [6.45, 7) is 3.93. The van der Waals surface area contributed by atoms with Gasteiger partial charge in [0, 0.05) is 24.4 Å². The van der Waals surface area contributed by atoms with Crippen LogP contribution in [0.1, 0.15) is 42.2 Å². The topological polar surface area (TPSA) is 68.7 Å². The Morgan fingerprint density at radius 3 is 2.78 bits per heavy atom. The molecule has 2 fully saturated rings. The standard InChI is InChI=1S/C17H22N2O4/c1-10-4-6-12(9-18-10)16(20)19-11(2)5-7-14-13(19)8-15(23-14)17(21)22-3/h4,6,9,11,13-15H,5,7-8H2,1-3H3. The first kappa shape index (κ1) is 15.9. The number of pyridine rings is 1. The van der Waals surface area contributed by atoms with Crippen LogP contribution in [0.15, 0.2) is 18.3 Å². The van der Waals surface area contributed by atoms with E-state index < -0.39 is 6.10 Å². The van der Waals surface area contributed by atoms with Crippen molar-refractivity contribution in [2.45, 2.75) is 57.4 Å². The highest BCUT2D eigenvalue weighted by Crippen LogP contribution is 2.36. The van der Waals surface area contributed by atoms with Gasteiger partial charge in [-0.25, -0.2) is 4.79 Å². The number of aromatic nitrogens is 1. The quantitative estimate of drug-likeness (QED) is 0.777. The summed E-state index contributed by atoms with van der Waals surface area (Å²) < 4.78 is 10.6. The zero-order chi connectivity index (χ0) is 16.6. The van der Waals surface area contributed by atoms with Crippen LogP contribution >= 0.6 is 0 Å². The molecule has 3 heterocycles. The van der Waals surface area contributed by atoms with Crippen LogP contribution in [0.2, 0.25) is 0 Å². The Hall–Kier alpha value is -1.95. The Morgan fingerprint density at radius 2 is 2.13 bits per heavy atom. The molecule has 0 aromatic carbocycles. The molecule has 124 valence electrons. The first-order valence-corrected chi connectivity index (χ1v) is 8.00. The number of rotatable bonds is 2. The molecule has 23 heavy (non-hydrogen) atoms. The number of methoxy groups -OCH3 is 1. The Kier molecular flexibility index (Phi) is 4.35. The Labute approximate surface area is 135 Å². The lowest BCUT2D eigenvalue weighted by Gasteiger charge is -2.41. The highest BCUT2D eigenvalue weighted by atomic mass is 16.6. The van der Waals surface area contributed by atoms with Crippen molar-refractivity contribution in [3.05, 3.63) is 29.6 Å². The predicted molar refractivity (Wildman–Crippen MR) is 82.9 cm³/mol. The number of hydrogen-bond acceptors (Lipinski definition) is 5. The molecule has 6 heteroatoms. The van der Waals surface area contributed by atoms with Gasteiger partial charge in [-0.05, 0) is 38.8 Å². The smallest absolute Gasteiger partial charge is 0.335 e. The third-order valence-electron chi connectivity index (χ3n) is 4.78. The first-order chi connectivity index (χ1) is 11.0. The zero-order valence-electron chi connectivity index (χ0n) is 13.7. The van der Waals surface area contributed by atoms with Crippen molar-refractivity contribution in [3.8, 4) is 0 Å². The fraction of sp³-hybridized carbons (Fsp3) is 0.588. The second-order valence-electron chi connectivity index (χ2n) is 6.32. The number of esters is 1. The van der Waals surface area contributed by atoms with Gasteiger partial charge >= 0.3 is 5.97 Å². The van der Waals surface area contributed by atoms with Crippen molar-refractivity contribution in [2.24, 2.45) is 0 Å². The fourth-order valence-corrected chi connectivity index (χ4v) is 3.53. The predicted octanol–water partition coefficient (Wildman–Crippen LogP) is 1.71. The minimum absolute atomic E-state index is 0.0474. The highest BCUT2D eigenvalue weighted by molar-refractivity contribution is 5.94. The van der Waals surface area contributed by atoms with Gasteiger partial charge in [-0.2, -0.15) is 0 Å². The summed E-state index contributed by atoms with van der Waals surface area (Å²) in [5.74, 6) is -0.412. The summed E-state index contributed by atoms with van der Waals surface area (Å²) in [6.07, 6.45) is 3.15. The summed E-state index contributed by atoms with van der Waals surface area (Å²) in [6, 6.07) is 3.66. The lowest BCUT2D eigenvalue weighted by Crippen LogP contribution is -2.53. The second-order valence-corrected chi connectivity index (χ2v) is 6.32. The molecular weight excluding hydrogens is 296 g/mol. The zero-order valence-corrected chi connectivity index (χ0v) is 13.7. The molecule has 1 amide bonds. The molecule has 4 atom stereocenters. The Balaban J connectivity index is 1.83.